The zero-order chi connectivity index (χ0) is 16.5. The highest BCUT2D eigenvalue weighted by molar-refractivity contribution is 5.81. The molecule has 7 nitrogen and oxygen atoms in total. The van der Waals surface area contributed by atoms with Crippen LogP contribution < -0.4 is 10.6 Å². The highest BCUT2D eigenvalue weighted by Crippen LogP contribution is 2.02. The van der Waals surface area contributed by atoms with Crippen LogP contribution in [0.15, 0.2) is 4.99 Å². The summed E-state index contributed by atoms with van der Waals surface area (Å²) in [6, 6.07) is 0. The van der Waals surface area contributed by atoms with Gasteiger partial charge in [0.15, 0.2) is 5.96 Å². The Hall–Kier alpha value is -1.79. The van der Waals surface area contributed by atoms with Gasteiger partial charge >= 0.3 is 0 Å². The zero-order valence-corrected chi connectivity index (χ0v) is 14.2. The lowest BCUT2D eigenvalue weighted by molar-refractivity contribution is -0.130. The van der Waals surface area contributed by atoms with E-state index in [0.717, 1.165) is 38.7 Å². The SMILES string of the molecule is CCNC(=NCCNC(=O)C(C)C)N1CCN(C(C)=O)CC1. The average Bonchev–Trinajstić information content (AvgIpc) is 2.50. The van der Waals surface area contributed by atoms with E-state index in [1.807, 2.05) is 25.7 Å². The van der Waals surface area contributed by atoms with E-state index in [-0.39, 0.29) is 17.7 Å². The molecule has 1 heterocycles. The molecule has 0 aromatic rings. The molecule has 1 aliphatic rings. The maximum atomic E-state index is 11.5. The molecule has 0 aliphatic carbocycles. The molecular formula is C15H29N5O2. The molecule has 1 saturated heterocycles. The van der Waals surface area contributed by atoms with Gasteiger partial charge in [-0.05, 0) is 6.92 Å². The van der Waals surface area contributed by atoms with Crippen LogP contribution >= 0.6 is 0 Å². The number of piperazine rings is 1. The molecule has 1 aliphatic heterocycles. The number of amides is 2. The van der Waals surface area contributed by atoms with Gasteiger partial charge < -0.3 is 20.4 Å². The Morgan fingerprint density at radius 2 is 1.68 bits per heavy atom. The normalized spacial score (nSPS) is 16.0. The molecule has 0 saturated carbocycles. The number of hydrogen-bond acceptors (Lipinski definition) is 3. The fraction of sp³-hybridized carbons (Fsp3) is 0.800. The van der Waals surface area contributed by atoms with Crippen molar-refractivity contribution in [2.45, 2.75) is 27.7 Å². The van der Waals surface area contributed by atoms with Gasteiger partial charge in [-0.2, -0.15) is 0 Å². The molecule has 1 fully saturated rings. The lowest BCUT2D eigenvalue weighted by atomic mass is 10.2. The van der Waals surface area contributed by atoms with Gasteiger partial charge in [0, 0.05) is 52.1 Å². The summed E-state index contributed by atoms with van der Waals surface area (Å²) in [5.74, 6) is 1.02. The minimum atomic E-state index is -0.00289. The molecule has 0 aromatic heterocycles. The van der Waals surface area contributed by atoms with Crippen molar-refractivity contribution >= 4 is 17.8 Å². The van der Waals surface area contributed by atoms with Crippen LogP contribution in [0.3, 0.4) is 0 Å². The molecule has 7 heteroatoms. The van der Waals surface area contributed by atoms with Crippen LogP contribution in [0.25, 0.3) is 0 Å². The first kappa shape index (κ1) is 18.3. The second-order valence-corrected chi connectivity index (χ2v) is 5.67. The number of nitrogens with one attached hydrogen (secondary N) is 2. The second-order valence-electron chi connectivity index (χ2n) is 5.67. The van der Waals surface area contributed by atoms with Gasteiger partial charge in [-0.3, -0.25) is 14.6 Å². The van der Waals surface area contributed by atoms with Gasteiger partial charge in [-0.1, -0.05) is 13.8 Å². The average molecular weight is 311 g/mol. The fourth-order valence-corrected chi connectivity index (χ4v) is 2.20. The highest BCUT2D eigenvalue weighted by atomic mass is 16.2. The first-order chi connectivity index (χ1) is 10.5. The quantitative estimate of drug-likeness (QED) is 0.422. The maximum Gasteiger partial charge on any atom is 0.222 e. The lowest BCUT2D eigenvalue weighted by Crippen LogP contribution is -2.53. The molecule has 1 rings (SSSR count). The summed E-state index contributed by atoms with van der Waals surface area (Å²) in [5, 5.41) is 6.13. The third-order valence-electron chi connectivity index (χ3n) is 3.56. The minimum absolute atomic E-state index is 0.00289. The van der Waals surface area contributed by atoms with Gasteiger partial charge in [0.25, 0.3) is 0 Å². The van der Waals surface area contributed by atoms with Gasteiger partial charge in [0.2, 0.25) is 11.8 Å². The van der Waals surface area contributed by atoms with Gasteiger partial charge in [-0.25, -0.2) is 0 Å². The van der Waals surface area contributed by atoms with Crippen molar-refractivity contribution in [3.8, 4) is 0 Å². The van der Waals surface area contributed by atoms with E-state index in [0.29, 0.717) is 13.1 Å². The Kier molecular flexibility index (Phi) is 7.70. The molecular weight excluding hydrogens is 282 g/mol. The Balaban J connectivity index is 2.46. The first-order valence-electron chi connectivity index (χ1n) is 8.02. The number of guanidine groups is 1. The summed E-state index contributed by atoms with van der Waals surface area (Å²) in [6.07, 6.45) is 0. The molecule has 126 valence electrons. The van der Waals surface area contributed by atoms with Crippen LogP contribution in [-0.2, 0) is 9.59 Å². The molecule has 0 unspecified atom stereocenters. The van der Waals surface area contributed by atoms with E-state index in [4.69, 9.17) is 0 Å². The summed E-state index contributed by atoms with van der Waals surface area (Å²) in [7, 11) is 0. The van der Waals surface area contributed by atoms with Crippen LogP contribution in [0.2, 0.25) is 0 Å². The second kappa shape index (κ2) is 9.27. The number of carbonyl (C=O) groups is 2. The van der Waals surface area contributed by atoms with Crippen LogP contribution in [0.4, 0.5) is 0 Å². The lowest BCUT2D eigenvalue weighted by Gasteiger charge is -2.36. The van der Waals surface area contributed by atoms with Gasteiger partial charge in [0.05, 0.1) is 6.54 Å². The summed E-state index contributed by atoms with van der Waals surface area (Å²) in [4.78, 5) is 31.4. The molecule has 2 amide bonds. The number of nitrogens with zero attached hydrogens (tertiary/aromatic N) is 3. The smallest absolute Gasteiger partial charge is 0.222 e. The third kappa shape index (κ3) is 5.91. The number of carbonyl (C=O) groups excluding carboxylic acids is 2. The maximum absolute atomic E-state index is 11.5. The molecule has 0 bridgehead atoms. The van der Waals surface area contributed by atoms with Crippen molar-refractivity contribution in [3.05, 3.63) is 0 Å². The minimum Gasteiger partial charge on any atom is -0.357 e. The predicted molar refractivity (Wildman–Crippen MR) is 87.7 cm³/mol. The molecule has 0 atom stereocenters. The topological polar surface area (TPSA) is 77.0 Å². The summed E-state index contributed by atoms with van der Waals surface area (Å²) < 4.78 is 0. The van der Waals surface area contributed by atoms with Gasteiger partial charge in [-0.15, -0.1) is 0 Å². The monoisotopic (exact) mass is 311 g/mol. The van der Waals surface area contributed by atoms with E-state index < -0.39 is 0 Å². The van der Waals surface area contributed by atoms with Crippen molar-refractivity contribution in [2.24, 2.45) is 10.9 Å². The van der Waals surface area contributed by atoms with Crippen molar-refractivity contribution in [2.75, 3.05) is 45.8 Å². The fourth-order valence-electron chi connectivity index (χ4n) is 2.20. The van der Waals surface area contributed by atoms with E-state index >= 15 is 0 Å². The number of rotatable bonds is 5. The summed E-state index contributed by atoms with van der Waals surface area (Å²) in [6.45, 7) is 12.3. The Labute approximate surface area is 133 Å². The molecule has 22 heavy (non-hydrogen) atoms. The van der Waals surface area contributed by atoms with Crippen LogP contribution in [0.5, 0.6) is 0 Å². The van der Waals surface area contributed by atoms with Crippen LogP contribution in [0, 0.1) is 5.92 Å². The van der Waals surface area contributed by atoms with E-state index in [9.17, 15) is 9.59 Å². The highest BCUT2D eigenvalue weighted by Gasteiger charge is 2.20. The zero-order valence-electron chi connectivity index (χ0n) is 14.2. The summed E-state index contributed by atoms with van der Waals surface area (Å²) in [5.41, 5.74) is 0. The van der Waals surface area contributed by atoms with Gasteiger partial charge in [0.1, 0.15) is 0 Å². The third-order valence-corrected chi connectivity index (χ3v) is 3.56. The number of aliphatic imine (C=N–C) groups is 1. The van der Waals surface area contributed by atoms with Crippen LogP contribution in [0.1, 0.15) is 27.7 Å². The molecule has 0 aromatic carbocycles. The van der Waals surface area contributed by atoms with E-state index in [1.54, 1.807) is 6.92 Å². The first-order valence-corrected chi connectivity index (χ1v) is 8.02. The van der Waals surface area contributed by atoms with Crippen molar-refractivity contribution in [1.82, 2.24) is 20.4 Å². The summed E-state index contributed by atoms with van der Waals surface area (Å²) >= 11 is 0. The van der Waals surface area contributed by atoms with Crippen LogP contribution in [-0.4, -0.2) is 73.4 Å². The predicted octanol–water partition coefficient (Wildman–Crippen LogP) is -0.112. The molecule has 0 radical (unpaired) electrons. The Bertz CT molecular complexity index is 401. The van der Waals surface area contributed by atoms with Crippen molar-refractivity contribution < 1.29 is 9.59 Å². The van der Waals surface area contributed by atoms with E-state index in [2.05, 4.69) is 20.5 Å². The Morgan fingerprint density at radius 1 is 1.09 bits per heavy atom. The molecule has 0 spiro atoms. The Morgan fingerprint density at radius 3 is 2.18 bits per heavy atom. The van der Waals surface area contributed by atoms with Crippen molar-refractivity contribution in [1.29, 1.82) is 0 Å². The molecule has 2 N–H and O–H groups in total. The number of hydrogen-bond donors (Lipinski definition) is 2. The standard InChI is InChI=1S/C15H29N5O2/c1-5-16-15(18-7-6-17-14(22)12(2)3)20-10-8-19(9-11-20)13(4)21/h12H,5-11H2,1-4H3,(H,16,18)(H,17,22). The van der Waals surface area contributed by atoms with E-state index in [1.165, 1.54) is 0 Å². The largest absolute Gasteiger partial charge is 0.357 e. The van der Waals surface area contributed by atoms with Crippen molar-refractivity contribution in [3.63, 3.8) is 0 Å².